The fourth-order valence-corrected chi connectivity index (χ4v) is 2.63. The van der Waals surface area contributed by atoms with Gasteiger partial charge in [-0.3, -0.25) is 4.79 Å². The second kappa shape index (κ2) is 10.1. The SMILES string of the molecule is CCC(=NNC(=O)CCCOc1ccc(Cl)cc1Cl)c1ccccc1. The van der Waals surface area contributed by atoms with E-state index in [1.807, 2.05) is 37.3 Å². The van der Waals surface area contributed by atoms with Crippen LogP contribution in [-0.2, 0) is 4.79 Å². The lowest BCUT2D eigenvalue weighted by molar-refractivity contribution is -0.121. The summed E-state index contributed by atoms with van der Waals surface area (Å²) in [4.78, 5) is 11.9. The molecule has 0 aromatic heterocycles. The Bertz CT molecular complexity index is 733. The third kappa shape index (κ3) is 6.40. The predicted molar refractivity (Wildman–Crippen MR) is 103 cm³/mol. The van der Waals surface area contributed by atoms with Crippen LogP contribution in [0.5, 0.6) is 5.75 Å². The summed E-state index contributed by atoms with van der Waals surface area (Å²) in [5, 5.41) is 5.22. The molecule has 0 radical (unpaired) electrons. The Labute approximate surface area is 157 Å². The van der Waals surface area contributed by atoms with E-state index in [2.05, 4.69) is 10.5 Å². The first-order valence-corrected chi connectivity index (χ1v) is 8.84. The fraction of sp³-hybridized carbons (Fsp3) is 0.263. The van der Waals surface area contributed by atoms with Gasteiger partial charge in [-0.15, -0.1) is 0 Å². The molecule has 132 valence electrons. The number of halogens is 2. The molecule has 1 N–H and O–H groups in total. The first-order valence-electron chi connectivity index (χ1n) is 8.09. The lowest BCUT2D eigenvalue weighted by atomic mass is 10.1. The van der Waals surface area contributed by atoms with Crippen LogP contribution >= 0.6 is 23.2 Å². The van der Waals surface area contributed by atoms with Crippen molar-refractivity contribution < 1.29 is 9.53 Å². The zero-order valence-electron chi connectivity index (χ0n) is 14.0. The van der Waals surface area contributed by atoms with Crippen molar-refractivity contribution in [3.05, 3.63) is 64.1 Å². The Kier molecular flexibility index (Phi) is 7.76. The molecular formula is C19H20Cl2N2O2. The van der Waals surface area contributed by atoms with Gasteiger partial charge in [0.2, 0.25) is 5.91 Å². The van der Waals surface area contributed by atoms with E-state index in [9.17, 15) is 4.79 Å². The number of carbonyl (C=O) groups is 1. The summed E-state index contributed by atoms with van der Waals surface area (Å²) >= 11 is 11.9. The molecule has 0 aliphatic carbocycles. The third-order valence-corrected chi connectivity index (χ3v) is 3.99. The quantitative estimate of drug-likeness (QED) is 0.395. The van der Waals surface area contributed by atoms with Crippen LogP contribution in [0.4, 0.5) is 0 Å². The molecule has 0 spiro atoms. The normalized spacial score (nSPS) is 11.2. The highest BCUT2D eigenvalue weighted by molar-refractivity contribution is 6.35. The summed E-state index contributed by atoms with van der Waals surface area (Å²) in [6, 6.07) is 14.8. The molecule has 6 heteroatoms. The summed E-state index contributed by atoms with van der Waals surface area (Å²) in [6.45, 7) is 2.39. The maximum Gasteiger partial charge on any atom is 0.240 e. The number of benzene rings is 2. The number of hydrogen-bond acceptors (Lipinski definition) is 3. The number of nitrogens with zero attached hydrogens (tertiary/aromatic N) is 1. The molecule has 0 aliphatic heterocycles. The molecule has 0 saturated heterocycles. The Morgan fingerprint density at radius 1 is 1.16 bits per heavy atom. The minimum absolute atomic E-state index is 0.146. The van der Waals surface area contributed by atoms with E-state index in [0.717, 1.165) is 17.7 Å². The second-order valence-corrected chi connectivity index (χ2v) is 6.18. The van der Waals surface area contributed by atoms with Gasteiger partial charge < -0.3 is 4.74 Å². The molecule has 1 amide bonds. The van der Waals surface area contributed by atoms with E-state index < -0.39 is 0 Å². The van der Waals surface area contributed by atoms with Crippen LogP contribution in [0, 0.1) is 0 Å². The van der Waals surface area contributed by atoms with Crippen molar-refractivity contribution in [2.45, 2.75) is 26.2 Å². The highest BCUT2D eigenvalue weighted by atomic mass is 35.5. The van der Waals surface area contributed by atoms with Crippen LogP contribution in [-0.4, -0.2) is 18.2 Å². The highest BCUT2D eigenvalue weighted by Crippen LogP contribution is 2.27. The average Bonchev–Trinajstić information content (AvgIpc) is 2.61. The van der Waals surface area contributed by atoms with E-state index in [4.69, 9.17) is 27.9 Å². The molecule has 0 saturated carbocycles. The Morgan fingerprint density at radius 2 is 1.92 bits per heavy atom. The number of rotatable bonds is 8. The van der Waals surface area contributed by atoms with E-state index in [1.54, 1.807) is 18.2 Å². The van der Waals surface area contributed by atoms with Gasteiger partial charge in [0.05, 0.1) is 17.3 Å². The van der Waals surface area contributed by atoms with Crippen LogP contribution in [0.25, 0.3) is 0 Å². The lowest BCUT2D eigenvalue weighted by Crippen LogP contribution is -2.20. The molecule has 2 aromatic rings. The van der Waals surface area contributed by atoms with Crippen molar-refractivity contribution in [2.75, 3.05) is 6.61 Å². The zero-order valence-corrected chi connectivity index (χ0v) is 15.5. The van der Waals surface area contributed by atoms with Crippen LogP contribution < -0.4 is 10.2 Å². The average molecular weight is 379 g/mol. The number of nitrogens with one attached hydrogen (secondary N) is 1. The summed E-state index contributed by atoms with van der Waals surface area (Å²) in [5.41, 5.74) is 4.45. The van der Waals surface area contributed by atoms with Crippen molar-refractivity contribution >= 4 is 34.8 Å². The van der Waals surface area contributed by atoms with Gasteiger partial charge in [-0.1, -0.05) is 60.5 Å². The molecule has 2 rings (SSSR count). The minimum atomic E-state index is -0.146. The monoisotopic (exact) mass is 378 g/mol. The maximum atomic E-state index is 11.9. The molecule has 0 aliphatic rings. The topological polar surface area (TPSA) is 50.7 Å². The highest BCUT2D eigenvalue weighted by Gasteiger charge is 2.05. The minimum Gasteiger partial charge on any atom is -0.492 e. The Hall–Kier alpha value is -2.04. The maximum absolute atomic E-state index is 11.9. The molecular weight excluding hydrogens is 359 g/mol. The van der Waals surface area contributed by atoms with E-state index >= 15 is 0 Å². The summed E-state index contributed by atoms with van der Waals surface area (Å²) < 4.78 is 5.55. The molecule has 2 aromatic carbocycles. The van der Waals surface area contributed by atoms with Gasteiger partial charge in [0.15, 0.2) is 0 Å². The fourth-order valence-electron chi connectivity index (χ4n) is 2.17. The molecule has 0 fully saturated rings. The van der Waals surface area contributed by atoms with Crippen LogP contribution in [0.3, 0.4) is 0 Å². The molecule has 4 nitrogen and oxygen atoms in total. The van der Waals surface area contributed by atoms with Gasteiger partial charge in [0, 0.05) is 11.4 Å². The first kappa shape index (κ1) is 19.3. The number of carbonyl (C=O) groups excluding carboxylic acids is 1. The van der Waals surface area contributed by atoms with Crippen molar-refractivity contribution in [3.63, 3.8) is 0 Å². The van der Waals surface area contributed by atoms with E-state index in [0.29, 0.717) is 35.2 Å². The van der Waals surface area contributed by atoms with Crippen LogP contribution in [0.1, 0.15) is 31.7 Å². The summed E-state index contributed by atoms with van der Waals surface area (Å²) in [5.74, 6) is 0.412. The van der Waals surface area contributed by atoms with Gasteiger partial charge in [0.1, 0.15) is 5.75 Å². The van der Waals surface area contributed by atoms with E-state index in [1.165, 1.54) is 0 Å². The van der Waals surface area contributed by atoms with E-state index in [-0.39, 0.29) is 5.91 Å². The second-order valence-electron chi connectivity index (χ2n) is 5.34. The Balaban J connectivity index is 1.76. The predicted octanol–water partition coefficient (Wildman–Crippen LogP) is 5.08. The number of amides is 1. The number of hydrogen-bond donors (Lipinski definition) is 1. The summed E-state index contributed by atoms with van der Waals surface area (Å²) in [6.07, 6.45) is 1.62. The van der Waals surface area contributed by atoms with Gasteiger partial charge in [-0.05, 0) is 36.6 Å². The van der Waals surface area contributed by atoms with Gasteiger partial charge in [-0.2, -0.15) is 5.10 Å². The van der Waals surface area contributed by atoms with Crippen molar-refractivity contribution in [3.8, 4) is 5.75 Å². The standard InChI is InChI=1S/C19H20Cl2N2O2/c1-2-17(14-7-4-3-5-8-14)22-23-19(24)9-6-12-25-18-11-10-15(20)13-16(18)21/h3-5,7-8,10-11,13H,2,6,9,12H2,1H3,(H,23,24). The molecule has 0 unspecified atom stereocenters. The largest absolute Gasteiger partial charge is 0.492 e. The lowest BCUT2D eigenvalue weighted by Gasteiger charge is -2.08. The van der Waals surface area contributed by atoms with Crippen molar-refractivity contribution in [1.29, 1.82) is 0 Å². The van der Waals surface area contributed by atoms with Crippen LogP contribution in [0.15, 0.2) is 53.6 Å². The van der Waals surface area contributed by atoms with Crippen LogP contribution in [0.2, 0.25) is 10.0 Å². The van der Waals surface area contributed by atoms with Gasteiger partial charge >= 0.3 is 0 Å². The van der Waals surface area contributed by atoms with Crippen molar-refractivity contribution in [1.82, 2.24) is 5.43 Å². The van der Waals surface area contributed by atoms with Crippen molar-refractivity contribution in [2.24, 2.45) is 5.10 Å². The van der Waals surface area contributed by atoms with Gasteiger partial charge in [-0.25, -0.2) is 5.43 Å². The molecule has 0 atom stereocenters. The first-order chi connectivity index (χ1) is 12.1. The number of hydrazone groups is 1. The smallest absolute Gasteiger partial charge is 0.240 e. The third-order valence-electron chi connectivity index (χ3n) is 3.46. The molecule has 0 heterocycles. The summed E-state index contributed by atoms with van der Waals surface area (Å²) in [7, 11) is 0. The number of ether oxygens (including phenoxy) is 1. The van der Waals surface area contributed by atoms with Gasteiger partial charge in [0.25, 0.3) is 0 Å². The Morgan fingerprint density at radius 3 is 2.60 bits per heavy atom. The molecule has 25 heavy (non-hydrogen) atoms. The zero-order chi connectivity index (χ0) is 18.1. The molecule has 0 bridgehead atoms.